The minimum absolute atomic E-state index is 0.0126. The fourth-order valence-corrected chi connectivity index (χ4v) is 4.66. The van der Waals surface area contributed by atoms with Gasteiger partial charge >= 0.3 is 0 Å². The lowest BCUT2D eigenvalue weighted by molar-refractivity contribution is -0.133. The van der Waals surface area contributed by atoms with Crippen molar-refractivity contribution in [2.75, 3.05) is 6.54 Å². The van der Waals surface area contributed by atoms with E-state index in [2.05, 4.69) is 24.5 Å². The molecule has 4 N–H and O–H groups in total. The van der Waals surface area contributed by atoms with Gasteiger partial charge in [0.05, 0.1) is 4.90 Å². The van der Waals surface area contributed by atoms with Crippen molar-refractivity contribution >= 4 is 21.8 Å². The van der Waals surface area contributed by atoms with Gasteiger partial charge in [-0.05, 0) is 67.6 Å². The molecule has 0 aromatic heterocycles. The van der Waals surface area contributed by atoms with Gasteiger partial charge in [0.1, 0.15) is 6.04 Å². The third kappa shape index (κ3) is 7.61. The highest BCUT2D eigenvalue weighted by Crippen LogP contribution is 2.33. The van der Waals surface area contributed by atoms with Crippen molar-refractivity contribution < 1.29 is 18.0 Å². The summed E-state index contributed by atoms with van der Waals surface area (Å²) in [5.74, 6) is 1.09. The lowest BCUT2D eigenvalue weighted by Gasteiger charge is -2.31. The molecule has 2 rings (SSSR count). The first kappa shape index (κ1) is 25.3. The first-order chi connectivity index (χ1) is 14.5. The van der Waals surface area contributed by atoms with E-state index in [1.54, 1.807) is 12.1 Å². The number of hydrogen-bond donors (Lipinski definition) is 3. The number of primary sulfonamides is 1. The van der Waals surface area contributed by atoms with Gasteiger partial charge in [-0.1, -0.05) is 39.8 Å². The molecule has 0 aliphatic heterocycles. The second-order valence-corrected chi connectivity index (χ2v) is 10.9. The Hall–Kier alpha value is -1.93. The Morgan fingerprint density at radius 3 is 2.10 bits per heavy atom. The van der Waals surface area contributed by atoms with E-state index >= 15 is 0 Å². The Kier molecular flexibility index (Phi) is 9.06. The zero-order valence-corrected chi connectivity index (χ0v) is 19.9. The molecule has 1 aromatic rings. The maximum Gasteiger partial charge on any atom is 0.242 e. The maximum absolute atomic E-state index is 12.8. The van der Waals surface area contributed by atoms with Crippen LogP contribution in [0.5, 0.6) is 0 Å². The number of benzene rings is 1. The van der Waals surface area contributed by atoms with E-state index in [-0.39, 0.29) is 28.5 Å². The van der Waals surface area contributed by atoms with Crippen LogP contribution in [0.1, 0.15) is 58.9 Å². The van der Waals surface area contributed by atoms with Crippen molar-refractivity contribution in [1.82, 2.24) is 10.6 Å². The second kappa shape index (κ2) is 11.1. The summed E-state index contributed by atoms with van der Waals surface area (Å²) in [6.07, 6.45) is 4.46. The van der Waals surface area contributed by atoms with E-state index < -0.39 is 16.1 Å². The molecule has 2 amide bonds. The summed E-state index contributed by atoms with van der Waals surface area (Å²) in [4.78, 5) is 25.5. The molecule has 0 saturated heterocycles. The normalized spacial score (nSPS) is 20.5. The molecule has 1 aliphatic carbocycles. The summed E-state index contributed by atoms with van der Waals surface area (Å²) in [6, 6.07) is 5.71. The van der Waals surface area contributed by atoms with E-state index in [0.29, 0.717) is 24.8 Å². The minimum Gasteiger partial charge on any atom is -0.354 e. The molecule has 0 unspecified atom stereocenters. The third-order valence-electron chi connectivity index (χ3n) is 6.30. The fraction of sp³-hybridized carbons (Fsp3) is 0.652. The van der Waals surface area contributed by atoms with Crippen molar-refractivity contribution in [1.29, 1.82) is 0 Å². The van der Waals surface area contributed by atoms with Crippen LogP contribution in [-0.4, -0.2) is 32.8 Å². The first-order valence-corrected chi connectivity index (χ1v) is 12.7. The molecular formula is C23H37N3O4S. The molecule has 0 heterocycles. The number of hydrogen-bond acceptors (Lipinski definition) is 4. The third-order valence-corrected chi connectivity index (χ3v) is 7.23. The summed E-state index contributed by atoms with van der Waals surface area (Å²) in [7, 11) is -3.71. The summed E-state index contributed by atoms with van der Waals surface area (Å²) in [5, 5.41) is 11.0. The number of rotatable bonds is 9. The molecule has 0 spiro atoms. The smallest absolute Gasteiger partial charge is 0.242 e. The van der Waals surface area contributed by atoms with Crippen LogP contribution < -0.4 is 15.8 Å². The number of sulfonamides is 1. The van der Waals surface area contributed by atoms with Crippen LogP contribution in [-0.2, 0) is 26.0 Å². The molecule has 8 heteroatoms. The minimum atomic E-state index is -3.71. The topological polar surface area (TPSA) is 118 Å². The Morgan fingerprint density at radius 2 is 1.61 bits per heavy atom. The summed E-state index contributed by atoms with van der Waals surface area (Å²) in [6.45, 7) is 8.71. The Morgan fingerprint density at radius 1 is 1.03 bits per heavy atom. The Labute approximate surface area is 186 Å². The molecule has 0 bridgehead atoms. The fourth-order valence-electron chi connectivity index (χ4n) is 4.14. The van der Waals surface area contributed by atoms with Crippen LogP contribution in [0.25, 0.3) is 0 Å². The monoisotopic (exact) mass is 451 g/mol. The van der Waals surface area contributed by atoms with Gasteiger partial charge in [0, 0.05) is 12.5 Å². The zero-order chi connectivity index (χ0) is 23.2. The van der Waals surface area contributed by atoms with Gasteiger partial charge in [-0.2, -0.15) is 0 Å². The van der Waals surface area contributed by atoms with Crippen molar-refractivity contribution in [2.24, 2.45) is 28.8 Å². The van der Waals surface area contributed by atoms with Crippen LogP contribution >= 0.6 is 0 Å². The molecular weight excluding hydrogens is 414 g/mol. The van der Waals surface area contributed by atoms with Gasteiger partial charge < -0.3 is 10.6 Å². The number of nitrogens with one attached hydrogen (secondary N) is 2. The predicted octanol–water partition coefficient (Wildman–Crippen LogP) is 2.60. The summed E-state index contributed by atoms with van der Waals surface area (Å²) in [5.41, 5.74) is 0.889. The molecule has 1 atom stereocenters. The largest absolute Gasteiger partial charge is 0.354 e. The van der Waals surface area contributed by atoms with E-state index in [4.69, 9.17) is 5.14 Å². The second-order valence-electron chi connectivity index (χ2n) is 9.32. The van der Waals surface area contributed by atoms with E-state index in [1.165, 1.54) is 12.1 Å². The van der Waals surface area contributed by atoms with E-state index in [9.17, 15) is 18.0 Å². The van der Waals surface area contributed by atoms with Gasteiger partial charge in [-0.3, -0.25) is 9.59 Å². The van der Waals surface area contributed by atoms with Crippen LogP contribution in [0.3, 0.4) is 0 Å². The van der Waals surface area contributed by atoms with E-state index in [1.807, 2.05) is 13.8 Å². The SMILES string of the molecule is CC(C)C1CCC(C(=O)N[C@H](C(=O)NCCc2ccc(S(N)(=O)=O)cc2)C(C)C)CC1. The highest BCUT2D eigenvalue weighted by molar-refractivity contribution is 7.89. The number of amides is 2. The average Bonchev–Trinajstić information content (AvgIpc) is 2.71. The standard InChI is InChI=1S/C23H37N3O4S/c1-15(2)18-7-9-19(10-8-18)22(27)26-21(16(3)4)23(28)25-14-13-17-5-11-20(12-6-17)31(24,29)30/h5-6,11-12,15-16,18-19,21H,7-10,13-14H2,1-4H3,(H,25,28)(H,26,27)(H2,24,29,30)/t18?,19?,21-/m0/s1. The highest BCUT2D eigenvalue weighted by atomic mass is 32.2. The molecule has 1 aliphatic rings. The van der Waals surface area contributed by atoms with Crippen molar-refractivity contribution in [3.63, 3.8) is 0 Å². The Balaban J connectivity index is 1.84. The van der Waals surface area contributed by atoms with Crippen LogP contribution in [0, 0.1) is 23.7 Å². The van der Waals surface area contributed by atoms with Crippen molar-refractivity contribution in [3.8, 4) is 0 Å². The zero-order valence-electron chi connectivity index (χ0n) is 19.1. The van der Waals surface area contributed by atoms with Crippen LogP contribution in [0.4, 0.5) is 0 Å². The van der Waals surface area contributed by atoms with Gasteiger partial charge in [0.25, 0.3) is 0 Å². The van der Waals surface area contributed by atoms with Gasteiger partial charge in [-0.15, -0.1) is 0 Å². The number of carbonyl (C=O) groups excluding carboxylic acids is 2. The molecule has 1 fully saturated rings. The molecule has 1 aromatic carbocycles. The predicted molar refractivity (Wildman–Crippen MR) is 122 cm³/mol. The Bertz CT molecular complexity index is 842. The molecule has 174 valence electrons. The summed E-state index contributed by atoms with van der Waals surface area (Å²) >= 11 is 0. The molecule has 7 nitrogen and oxygen atoms in total. The lowest BCUT2D eigenvalue weighted by atomic mass is 9.76. The summed E-state index contributed by atoms with van der Waals surface area (Å²) < 4.78 is 22.6. The van der Waals surface area contributed by atoms with E-state index in [0.717, 1.165) is 31.2 Å². The average molecular weight is 452 g/mol. The molecule has 0 radical (unpaired) electrons. The number of carbonyl (C=O) groups is 2. The van der Waals surface area contributed by atoms with Crippen molar-refractivity contribution in [3.05, 3.63) is 29.8 Å². The lowest BCUT2D eigenvalue weighted by Crippen LogP contribution is -2.51. The molecule has 1 saturated carbocycles. The van der Waals surface area contributed by atoms with Gasteiger partial charge in [0.15, 0.2) is 0 Å². The van der Waals surface area contributed by atoms with Gasteiger partial charge in [0.2, 0.25) is 21.8 Å². The highest BCUT2D eigenvalue weighted by Gasteiger charge is 2.31. The van der Waals surface area contributed by atoms with Gasteiger partial charge in [-0.25, -0.2) is 13.6 Å². The van der Waals surface area contributed by atoms with Crippen LogP contribution in [0.2, 0.25) is 0 Å². The maximum atomic E-state index is 12.8. The number of nitrogens with two attached hydrogens (primary N) is 1. The van der Waals surface area contributed by atoms with Crippen molar-refractivity contribution in [2.45, 2.75) is 70.7 Å². The first-order valence-electron chi connectivity index (χ1n) is 11.2. The quantitative estimate of drug-likeness (QED) is 0.535. The van der Waals surface area contributed by atoms with Crippen LogP contribution in [0.15, 0.2) is 29.2 Å². The molecule has 31 heavy (non-hydrogen) atoms.